The fraction of sp³-hybridized carbons (Fsp3) is 0.250. The number of nitrogens with zero attached hydrogens (tertiary/aromatic N) is 3. The van der Waals surface area contributed by atoms with E-state index in [9.17, 15) is 4.79 Å². The van der Waals surface area contributed by atoms with Gasteiger partial charge in [0.1, 0.15) is 16.4 Å². The van der Waals surface area contributed by atoms with Gasteiger partial charge in [0.15, 0.2) is 0 Å². The number of nitrogens with one attached hydrogen (secondary N) is 4. The van der Waals surface area contributed by atoms with Gasteiger partial charge in [-0.2, -0.15) is 5.10 Å². The number of allylic oxidation sites excluding steroid dienone is 1. The second-order valence-corrected chi connectivity index (χ2v) is 7.54. The summed E-state index contributed by atoms with van der Waals surface area (Å²) in [5.41, 5.74) is 2.02. The van der Waals surface area contributed by atoms with Gasteiger partial charge >= 0.3 is 0 Å². The number of H-pyrrole nitrogens is 1. The molecule has 0 radical (unpaired) electrons. The topological polar surface area (TPSA) is 129 Å². The molecule has 3 aromatic heterocycles. The third-order valence-corrected chi connectivity index (χ3v) is 5.50. The zero-order valence-corrected chi connectivity index (χ0v) is 16.9. The summed E-state index contributed by atoms with van der Waals surface area (Å²) in [6, 6.07) is 5.55. The Labute approximate surface area is 177 Å². The first-order valence-corrected chi connectivity index (χ1v) is 10.4. The zero-order valence-electron chi connectivity index (χ0n) is 16.1. The molecular weight excluding hydrogens is 402 g/mol. The standard InChI is InChI=1S/C20H21N7O2S/c21-18(15-3-1-2-6-22-15)16(11-23-14-4-7-29-8-5-14)26-19(28)17-12-30-20(27-17)13-9-24-25-10-13/h1-3,6,9-12,14,21,23H,4-5,7-8H2,(H,24,25)(H,26,28)/b16-11+,21-18?. The smallest absolute Gasteiger partial charge is 0.275 e. The van der Waals surface area contributed by atoms with Crippen LogP contribution in [0.15, 0.2) is 54.1 Å². The number of carbonyl (C=O) groups excluding carboxylic acids is 1. The Morgan fingerprint density at radius 2 is 2.17 bits per heavy atom. The molecule has 3 aromatic rings. The molecular formula is C20H21N7O2S. The highest BCUT2D eigenvalue weighted by atomic mass is 32.1. The maximum Gasteiger partial charge on any atom is 0.275 e. The van der Waals surface area contributed by atoms with Crippen molar-refractivity contribution in [3.8, 4) is 10.6 Å². The molecule has 0 unspecified atom stereocenters. The maximum atomic E-state index is 12.8. The van der Waals surface area contributed by atoms with Crippen molar-refractivity contribution in [1.29, 1.82) is 5.41 Å². The normalized spacial score (nSPS) is 15.0. The molecule has 1 saturated heterocycles. The van der Waals surface area contributed by atoms with E-state index in [0.717, 1.165) is 18.4 Å². The van der Waals surface area contributed by atoms with Crippen LogP contribution in [-0.4, -0.2) is 51.0 Å². The Kier molecular flexibility index (Phi) is 6.26. The van der Waals surface area contributed by atoms with Gasteiger partial charge in [0.05, 0.1) is 17.6 Å². The Morgan fingerprint density at radius 1 is 1.30 bits per heavy atom. The van der Waals surface area contributed by atoms with E-state index in [2.05, 4.69) is 30.8 Å². The minimum Gasteiger partial charge on any atom is -0.386 e. The predicted octanol–water partition coefficient (Wildman–Crippen LogP) is 2.34. The molecule has 10 heteroatoms. The van der Waals surface area contributed by atoms with Gasteiger partial charge in [-0.3, -0.25) is 20.3 Å². The van der Waals surface area contributed by atoms with E-state index in [0.29, 0.717) is 29.6 Å². The molecule has 0 atom stereocenters. The summed E-state index contributed by atoms with van der Waals surface area (Å²) in [7, 11) is 0. The Hall–Kier alpha value is -3.37. The van der Waals surface area contributed by atoms with Crippen molar-refractivity contribution in [3.63, 3.8) is 0 Å². The highest BCUT2D eigenvalue weighted by molar-refractivity contribution is 7.13. The van der Waals surface area contributed by atoms with Gasteiger partial charge in [0.25, 0.3) is 5.91 Å². The van der Waals surface area contributed by atoms with Crippen LogP contribution >= 0.6 is 11.3 Å². The van der Waals surface area contributed by atoms with Crippen molar-refractivity contribution in [2.45, 2.75) is 18.9 Å². The highest BCUT2D eigenvalue weighted by Crippen LogP contribution is 2.22. The molecule has 0 bridgehead atoms. The van der Waals surface area contributed by atoms with E-state index in [-0.39, 0.29) is 23.4 Å². The van der Waals surface area contributed by atoms with Gasteiger partial charge < -0.3 is 15.4 Å². The molecule has 1 amide bonds. The Morgan fingerprint density at radius 3 is 2.90 bits per heavy atom. The summed E-state index contributed by atoms with van der Waals surface area (Å²) in [4.78, 5) is 21.4. The first kappa shape index (κ1) is 19.9. The van der Waals surface area contributed by atoms with Gasteiger partial charge in [0.2, 0.25) is 0 Å². The molecule has 30 heavy (non-hydrogen) atoms. The molecule has 1 aliphatic rings. The van der Waals surface area contributed by atoms with Gasteiger partial charge in [-0.15, -0.1) is 11.3 Å². The first-order chi connectivity index (χ1) is 14.7. The van der Waals surface area contributed by atoms with Crippen LogP contribution in [0.1, 0.15) is 29.0 Å². The number of aromatic nitrogens is 4. The van der Waals surface area contributed by atoms with E-state index >= 15 is 0 Å². The Bertz CT molecular complexity index is 1020. The second kappa shape index (κ2) is 9.42. The van der Waals surface area contributed by atoms with Crippen LogP contribution in [-0.2, 0) is 4.74 Å². The molecule has 1 aliphatic heterocycles. The van der Waals surface area contributed by atoms with Crippen LogP contribution in [0.5, 0.6) is 0 Å². The molecule has 0 saturated carbocycles. The van der Waals surface area contributed by atoms with Crippen LogP contribution in [0.2, 0.25) is 0 Å². The number of aromatic amines is 1. The average molecular weight is 424 g/mol. The summed E-state index contributed by atoms with van der Waals surface area (Å²) in [5, 5.41) is 23.7. The van der Waals surface area contributed by atoms with Crippen molar-refractivity contribution in [1.82, 2.24) is 30.8 Å². The summed E-state index contributed by atoms with van der Waals surface area (Å²) in [6.45, 7) is 1.39. The number of pyridine rings is 1. The summed E-state index contributed by atoms with van der Waals surface area (Å²) in [6.07, 6.45) is 8.41. The lowest BCUT2D eigenvalue weighted by molar-refractivity contribution is 0.0810. The number of ether oxygens (including phenoxy) is 1. The number of carbonyl (C=O) groups is 1. The molecule has 4 N–H and O–H groups in total. The molecule has 154 valence electrons. The monoisotopic (exact) mass is 423 g/mol. The summed E-state index contributed by atoms with van der Waals surface area (Å²) < 4.78 is 5.38. The largest absolute Gasteiger partial charge is 0.386 e. The molecule has 9 nitrogen and oxygen atoms in total. The van der Waals surface area contributed by atoms with E-state index in [1.807, 2.05) is 0 Å². The number of amides is 1. The number of rotatable bonds is 7. The average Bonchev–Trinajstić information content (AvgIpc) is 3.49. The highest BCUT2D eigenvalue weighted by Gasteiger charge is 2.18. The van der Waals surface area contributed by atoms with E-state index in [1.165, 1.54) is 11.3 Å². The van der Waals surface area contributed by atoms with Crippen molar-refractivity contribution in [2.75, 3.05) is 13.2 Å². The predicted molar refractivity (Wildman–Crippen MR) is 113 cm³/mol. The number of hydrogen-bond acceptors (Lipinski definition) is 8. The second-order valence-electron chi connectivity index (χ2n) is 6.68. The lowest BCUT2D eigenvalue weighted by Crippen LogP contribution is -2.35. The first-order valence-electron chi connectivity index (χ1n) is 9.51. The zero-order chi connectivity index (χ0) is 20.8. The van der Waals surface area contributed by atoms with Crippen molar-refractivity contribution in [2.24, 2.45) is 0 Å². The van der Waals surface area contributed by atoms with Crippen LogP contribution < -0.4 is 10.6 Å². The quantitative estimate of drug-likeness (QED) is 0.432. The van der Waals surface area contributed by atoms with Crippen molar-refractivity contribution < 1.29 is 9.53 Å². The molecule has 1 fully saturated rings. The number of thiazole rings is 1. The fourth-order valence-corrected chi connectivity index (χ4v) is 3.73. The van der Waals surface area contributed by atoms with E-state index in [4.69, 9.17) is 10.1 Å². The molecule has 4 rings (SSSR count). The van der Waals surface area contributed by atoms with E-state index < -0.39 is 0 Å². The fourth-order valence-electron chi connectivity index (χ4n) is 2.95. The number of hydrogen-bond donors (Lipinski definition) is 4. The third kappa shape index (κ3) is 4.78. The molecule has 0 spiro atoms. The van der Waals surface area contributed by atoms with Gasteiger partial charge in [-0.1, -0.05) is 6.07 Å². The summed E-state index contributed by atoms with van der Waals surface area (Å²) in [5.74, 6) is -0.387. The van der Waals surface area contributed by atoms with Gasteiger partial charge in [0, 0.05) is 48.8 Å². The summed E-state index contributed by atoms with van der Waals surface area (Å²) >= 11 is 1.36. The maximum absolute atomic E-state index is 12.8. The van der Waals surface area contributed by atoms with Crippen LogP contribution in [0.4, 0.5) is 0 Å². The van der Waals surface area contributed by atoms with E-state index in [1.54, 1.807) is 48.4 Å². The van der Waals surface area contributed by atoms with Gasteiger partial charge in [-0.05, 0) is 25.0 Å². The lowest BCUT2D eigenvalue weighted by Gasteiger charge is -2.23. The van der Waals surface area contributed by atoms with Crippen LogP contribution in [0.3, 0.4) is 0 Å². The van der Waals surface area contributed by atoms with Crippen LogP contribution in [0.25, 0.3) is 10.6 Å². The molecule has 0 aromatic carbocycles. The van der Waals surface area contributed by atoms with Crippen molar-refractivity contribution in [3.05, 3.63) is 65.5 Å². The third-order valence-electron chi connectivity index (χ3n) is 4.61. The SMILES string of the molecule is N=C(/C(=C\NC1CCOCC1)NC(=O)c1csc(-c2cn[nH]c2)n1)c1ccccn1. The Balaban J connectivity index is 1.52. The minimum absolute atomic E-state index is 0.119. The minimum atomic E-state index is -0.387. The molecule has 4 heterocycles. The molecule has 0 aliphatic carbocycles. The lowest BCUT2D eigenvalue weighted by atomic mass is 10.1. The van der Waals surface area contributed by atoms with Crippen LogP contribution in [0, 0.1) is 5.41 Å². The van der Waals surface area contributed by atoms with Crippen molar-refractivity contribution >= 4 is 23.0 Å². The van der Waals surface area contributed by atoms with Gasteiger partial charge in [-0.25, -0.2) is 4.98 Å².